The van der Waals surface area contributed by atoms with E-state index in [-0.39, 0.29) is 18.3 Å². The number of nitrogens with one attached hydrogen (secondary N) is 3. The van der Waals surface area contributed by atoms with Gasteiger partial charge in [0.25, 0.3) is 0 Å². The van der Waals surface area contributed by atoms with Gasteiger partial charge in [0.05, 0.1) is 12.5 Å². The van der Waals surface area contributed by atoms with E-state index < -0.39 is 60.2 Å². The lowest BCUT2D eigenvalue weighted by Gasteiger charge is -2.27. The van der Waals surface area contributed by atoms with Gasteiger partial charge < -0.3 is 38.3 Å². The number of carbonyl (C=O) groups is 5. The number of carboxylic acid groups (broad SMARTS) is 1. The van der Waals surface area contributed by atoms with E-state index in [2.05, 4.69) is 16.0 Å². The number of carboxylic acids is 1. The van der Waals surface area contributed by atoms with E-state index in [0.29, 0.717) is 19.4 Å². The number of unbranched alkanes of at least 4 members (excludes halogenated alkanes) is 1. The van der Waals surface area contributed by atoms with Gasteiger partial charge >= 0.3 is 5.97 Å². The topological polar surface area (TPSA) is 220 Å². The third-order valence-corrected chi connectivity index (χ3v) is 4.87. The van der Waals surface area contributed by atoms with Gasteiger partial charge in [0.15, 0.2) is 0 Å². The molecule has 0 rings (SSSR count). The molecule has 32 heavy (non-hydrogen) atoms. The van der Waals surface area contributed by atoms with Gasteiger partial charge in [-0.05, 0) is 37.6 Å². The molecule has 0 fully saturated rings. The molecule has 0 aliphatic rings. The third-order valence-electron chi connectivity index (χ3n) is 4.87. The Balaban J connectivity index is 5.47. The Kier molecular flexibility index (Phi) is 13.1. The van der Waals surface area contributed by atoms with Crippen LogP contribution in [0.5, 0.6) is 0 Å². The summed E-state index contributed by atoms with van der Waals surface area (Å²) < 4.78 is 0. The van der Waals surface area contributed by atoms with Crippen LogP contribution in [0.1, 0.15) is 53.4 Å². The minimum Gasteiger partial charge on any atom is -0.480 e. The van der Waals surface area contributed by atoms with Crippen LogP contribution in [-0.4, -0.2) is 65.4 Å². The van der Waals surface area contributed by atoms with E-state index >= 15 is 0 Å². The van der Waals surface area contributed by atoms with Crippen LogP contribution in [0.2, 0.25) is 0 Å². The van der Waals surface area contributed by atoms with Crippen molar-refractivity contribution in [3.63, 3.8) is 0 Å². The molecule has 0 aliphatic carbocycles. The largest absolute Gasteiger partial charge is 0.480 e. The molecule has 184 valence electrons. The Morgan fingerprint density at radius 3 is 1.81 bits per heavy atom. The van der Waals surface area contributed by atoms with Crippen LogP contribution < -0.4 is 33.2 Å². The quantitative estimate of drug-likeness (QED) is 0.138. The molecule has 12 nitrogen and oxygen atoms in total. The molecule has 0 radical (unpaired) electrons. The lowest BCUT2D eigenvalue weighted by Crippen LogP contribution is -2.59. The number of hydrogen-bond acceptors (Lipinski definition) is 7. The normalized spacial score (nSPS) is 14.9. The van der Waals surface area contributed by atoms with E-state index in [0.717, 1.165) is 0 Å². The summed E-state index contributed by atoms with van der Waals surface area (Å²) in [6.07, 6.45) is 0.653. The fourth-order valence-corrected chi connectivity index (χ4v) is 2.78. The maximum Gasteiger partial charge on any atom is 0.326 e. The van der Waals surface area contributed by atoms with Crippen LogP contribution in [-0.2, 0) is 24.0 Å². The van der Waals surface area contributed by atoms with Crippen molar-refractivity contribution in [1.82, 2.24) is 16.0 Å². The molecule has 0 spiro atoms. The lowest BCUT2D eigenvalue weighted by molar-refractivity contribution is -0.143. The molecular formula is C20H38N6O6. The van der Waals surface area contributed by atoms with Crippen molar-refractivity contribution < 1.29 is 29.1 Å². The molecule has 4 amide bonds. The zero-order valence-corrected chi connectivity index (χ0v) is 19.2. The number of amides is 4. The molecule has 0 aromatic rings. The predicted octanol–water partition coefficient (Wildman–Crippen LogP) is -1.83. The van der Waals surface area contributed by atoms with Gasteiger partial charge in [-0.15, -0.1) is 0 Å². The van der Waals surface area contributed by atoms with Crippen LogP contribution >= 0.6 is 0 Å². The van der Waals surface area contributed by atoms with Gasteiger partial charge in [0.1, 0.15) is 18.1 Å². The maximum atomic E-state index is 12.9. The Hall–Kier alpha value is -2.73. The molecule has 12 heteroatoms. The van der Waals surface area contributed by atoms with Crippen molar-refractivity contribution in [3.05, 3.63) is 0 Å². The second kappa shape index (κ2) is 14.4. The predicted molar refractivity (Wildman–Crippen MR) is 118 cm³/mol. The molecule has 4 atom stereocenters. The van der Waals surface area contributed by atoms with Gasteiger partial charge in [0, 0.05) is 0 Å². The van der Waals surface area contributed by atoms with Crippen LogP contribution in [0.25, 0.3) is 0 Å². The molecule has 0 aliphatic heterocycles. The van der Waals surface area contributed by atoms with Crippen molar-refractivity contribution in [1.29, 1.82) is 0 Å². The highest BCUT2D eigenvalue weighted by molar-refractivity contribution is 5.95. The summed E-state index contributed by atoms with van der Waals surface area (Å²) in [5.41, 5.74) is 16.4. The van der Waals surface area contributed by atoms with Gasteiger partial charge in [0.2, 0.25) is 23.6 Å². The lowest BCUT2D eigenvalue weighted by atomic mass is 9.99. The Bertz CT molecular complexity index is 669. The molecule has 0 saturated carbocycles. The summed E-state index contributed by atoms with van der Waals surface area (Å²) in [7, 11) is 0. The van der Waals surface area contributed by atoms with E-state index in [1.165, 1.54) is 0 Å². The monoisotopic (exact) mass is 458 g/mol. The zero-order chi connectivity index (χ0) is 25.0. The van der Waals surface area contributed by atoms with Crippen molar-refractivity contribution in [2.45, 2.75) is 77.5 Å². The number of aliphatic carboxylic acids is 1. The Morgan fingerprint density at radius 1 is 0.812 bits per heavy atom. The average molecular weight is 459 g/mol. The minimum atomic E-state index is -1.53. The molecule has 0 aromatic heterocycles. The first-order valence-electron chi connectivity index (χ1n) is 10.7. The molecule has 0 aromatic carbocycles. The van der Waals surface area contributed by atoms with Crippen molar-refractivity contribution in [2.75, 3.05) is 6.54 Å². The second-order valence-electron chi connectivity index (χ2n) is 8.42. The SMILES string of the molecule is CC(C)C(N)C(=O)NC(C(=O)NC(CCCCN)C(=O)NC(CC(N)=O)C(=O)O)C(C)C. The fourth-order valence-electron chi connectivity index (χ4n) is 2.78. The van der Waals surface area contributed by atoms with Crippen molar-refractivity contribution in [3.8, 4) is 0 Å². The first kappa shape index (κ1) is 29.3. The summed E-state index contributed by atoms with van der Waals surface area (Å²) in [4.78, 5) is 60.4. The van der Waals surface area contributed by atoms with E-state index in [4.69, 9.17) is 17.2 Å². The molecule has 0 saturated heterocycles. The number of rotatable bonds is 15. The van der Waals surface area contributed by atoms with Gasteiger partial charge in [-0.2, -0.15) is 0 Å². The average Bonchev–Trinajstić information content (AvgIpc) is 2.68. The highest BCUT2D eigenvalue weighted by Crippen LogP contribution is 2.08. The third kappa shape index (κ3) is 10.5. The fraction of sp³-hybridized carbons (Fsp3) is 0.750. The van der Waals surface area contributed by atoms with Gasteiger partial charge in [-0.1, -0.05) is 27.7 Å². The summed E-state index contributed by atoms with van der Waals surface area (Å²) in [6, 6.07) is -4.39. The van der Waals surface area contributed by atoms with Crippen LogP contribution in [0.15, 0.2) is 0 Å². The second-order valence-corrected chi connectivity index (χ2v) is 8.42. The van der Waals surface area contributed by atoms with E-state index in [1.807, 2.05) is 0 Å². The standard InChI is InChI=1S/C20H38N6O6/c1-10(2)15(23)18(29)26-16(11(3)4)19(30)24-12(7-5-6-8-21)17(28)25-13(20(31)32)9-14(22)27/h10-13,15-16H,5-9,21,23H2,1-4H3,(H2,22,27)(H,24,30)(H,25,28)(H,26,29)(H,31,32). The molecular weight excluding hydrogens is 420 g/mol. The number of primary amides is 1. The molecule has 4 unspecified atom stereocenters. The van der Waals surface area contributed by atoms with Gasteiger partial charge in [-0.3, -0.25) is 19.2 Å². The summed E-state index contributed by atoms with van der Waals surface area (Å²) in [5.74, 6) is -4.67. The highest BCUT2D eigenvalue weighted by Gasteiger charge is 2.32. The first-order valence-corrected chi connectivity index (χ1v) is 10.7. The molecule has 0 bridgehead atoms. The molecule has 0 heterocycles. The maximum absolute atomic E-state index is 12.9. The molecule has 10 N–H and O–H groups in total. The van der Waals surface area contributed by atoms with E-state index in [9.17, 15) is 29.1 Å². The Morgan fingerprint density at radius 2 is 1.38 bits per heavy atom. The Labute approximate surface area is 188 Å². The summed E-state index contributed by atoms with van der Waals surface area (Å²) >= 11 is 0. The summed E-state index contributed by atoms with van der Waals surface area (Å²) in [5, 5.41) is 16.6. The highest BCUT2D eigenvalue weighted by atomic mass is 16.4. The summed E-state index contributed by atoms with van der Waals surface area (Å²) in [6.45, 7) is 7.37. The van der Waals surface area contributed by atoms with Crippen LogP contribution in [0.3, 0.4) is 0 Å². The smallest absolute Gasteiger partial charge is 0.326 e. The number of nitrogens with two attached hydrogens (primary N) is 3. The van der Waals surface area contributed by atoms with Crippen molar-refractivity contribution >= 4 is 29.6 Å². The minimum absolute atomic E-state index is 0.140. The zero-order valence-electron chi connectivity index (χ0n) is 19.2. The number of carbonyl (C=O) groups excluding carboxylic acids is 4. The van der Waals surface area contributed by atoms with Crippen molar-refractivity contribution in [2.24, 2.45) is 29.0 Å². The van der Waals surface area contributed by atoms with Gasteiger partial charge in [-0.25, -0.2) is 4.79 Å². The number of hydrogen-bond donors (Lipinski definition) is 7. The van der Waals surface area contributed by atoms with Crippen LogP contribution in [0, 0.1) is 11.8 Å². The van der Waals surface area contributed by atoms with Crippen LogP contribution in [0.4, 0.5) is 0 Å². The first-order chi connectivity index (χ1) is 14.8. The van der Waals surface area contributed by atoms with E-state index in [1.54, 1.807) is 27.7 Å².